The molecule has 0 spiro atoms. The smallest absolute Gasteiger partial charge is 0.194 e. The van der Waals surface area contributed by atoms with Gasteiger partial charge in [-0.25, -0.2) is 0 Å². The second-order valence-corrected chi connectivity index (χ2v) is 25.8. The molecule has 6 aromatic rings. The Morgan fingerprint density at radius 1 is 0.414 bits per heavy atom. The minimum absolute atomic E-state index is 0.0255. The van der Waals surface area contributed by atoms with Crippen molar-refractivity contribution in [3.63, 3.8) is 0 Å². The van der Waals surface area contributed by atoms with Crippen LogP contribution in [0.4, 0.5) is 26.3 Å². The molecule has 58 heavy (non-hydrogen) atoms. The molecule has 0 aromatic carbocycles. The van der Waals surface area contributed by atoms with Crippen molar-refractivity contribution >= 4 is 79.2 Å². The summed E-state index contributed by atoms with van der Waals surface area (Å²) in [4.78, 5) is 9.66. The highest BCUT2D eigenvalue weighted by Crippen LogP contribution is 2.67. The van der Waals surface area contributed by atoms with Crippen LogP contribution in [0.2, 0.25) is 0 Å². The van der Waals surface area contributed by atoms with Gasteiger partial charge in [0, 0.05) is 76.8 Å². The summed E-state index contributed by atoms with van der Waals surface area (Å²) < 4.78 is 98.8. The minimum Gasteiger partial charge on any atom is -0.194 e. The second-order valence-electron chi connectivity index (χ2n) is 19.2. The Morgan fingerprint density at radius 3 is 1.31 bits per heavy atom. The number of halogens is 6. The molecule has 7 rings (SSSR count). The van der Waals surface area contributed by atoms with E-state index >= 15 is 26.3 Å². The third kappa shape index (κ3) is 7.58. The van der Waals surface area contributed by atoms with E-state index in [0.29, 0.717) is 19.5 Å². The van der Waals surface area contributed by atoms with Crippen LogP contribution in [0.25, 0.3) is 40.4 Å². The molecule has 0 saturated carbocycles. The Hall–Kier alpha value is -2.48. The molecule has 1 aliphatic carbocycles. The van der Waals surface area contributed by atoms with Crippen LogP contribution in [0, 0.1) is 0 Å². The van der Waals surface area contributed by atoms with E-state index < -0.39 is 39.7 Å². The number of rotatable bonds is 7. The van der Waals surface area contributed by atoms with Crippen molar-refractivity contribution in [3.05, 3.63) is 101 Å². The summed E-state index contributed by atoms with van der Waals surface area (Å²) in [6.07, 6.45) is 0.137. The summed E-state index contributed by atoms with van der Waals surface area (Å²) >= 11 is 8.61. The SMILES string of the molecule is CC(C)(C)c1ccc(-c2ccc(Cc3sc(C(C)(C)C)cc3C3=C(c4cc(C(C)(C)C)sc4-c4ccc(-c5ccc(C(C)(C)C)s5)s4)C(F)(F)C(F)(F)C3(F)F)s2)s1. The average Bonchev–Trinajstić information content (AvgIpc) is 3.92. The fourth-order valence-electron chi connectivity index (χ4n) is 6.81. The molecule has 0 fully saturated rings. The van der Waals surface area contributed by atoms with Crippen LogP contribution in [0.3, 0.4) is 0 Å². The van der Waals surface area contributed by atoms with Gasteiger partial charge < -0.3 is 0 Å². The van der Waals surface area contributed by atoms with E-state index in [0.717, 1.165) is 24.4 Å². The average molecular weight is 907 g/mol. The Balaban J connectivity index is 1.43. The van der Waals surface area contributed by atoms with Gasteiger partial charge in [-0.2, -0.15) is 26.3 Å². The Bertz CT molecular complexity index is 2510. The Kier molecular flexibility index (Phi) is 10.7. The molecule has 0 saturated heterocycles. The number of hydrogen-bond acceptors (Lipinski definition) is 6. The lowest BCUT2D eigenvalue weighted by atomic mass is 9.89. The zero-order valence-electron chi connectivity index (χ0n) is 34.7. The van der Waals surface area contributed by atoms with E-state index in [-0.39, 0.29) is 33.3 Å². The maximum atomic E-state index is 16.7. The summed E-state index contributed by atoms with van der Waals surface area (Å²) in [5, 5.41) is 0. The first-order valence-corrected chi connectivity index (χ1v) is 24.0. The van der Waals surface area contributed by atoms with Crippen LogP contribution in [0.1, 0.15) is 123 Å². The molecule has 310 valence electrons. The lowest BCUT2D eigenvalue weighted by molar-refractivity contribution is -0.254. The first kappa shape index (κ1) is 43.6. The number of thiophene rings is 6. The topological polar surface area (TPSA) is 0 Å². The van der Waals surface area contributed by atoms with Crippen molar-refractivity contribution in [2.45, 2.75) is 129 Å². The van der Waals surface area contributed by atoms with Gasteiger partial charge >= 0.3 is 17.8 Å². The van der Waals surface area contributed by atoms with Gasteiger partial charge in [-0.05, 0) is 87.9 Å². The Labute approximate surface area is 362 Å². The van der Waals surface area contributed by atoms with E-state index in [4.69, 9.17) is 0 Å². The molecule has 0 radical (unpaired) electrons. The summed E-state index contributed by atoms with van der Waals surface area (Å²) in [7, 11) is 0. The van der Waals surface area contributed by atoms with Crippen molar-refractivity contribution < 1.29 is 26.3 Å². The molecule has 0 N–H and O–H groups in total. The van der Waals surface area contributed by atoms with Gasteiger partial charge in [0.05, 0.1) is 4.88 Å². The van der Waals surface area contributed by atoms with E-state index in [1.807, 2.05) is 65.8 Å². The second kappa shape index (κ2) is 14.3. The highest BCUT2D eigenvalue weighted by molar-refractivity contribution is 7.26. The molecule has 0 unspecified atom stereocenters. The van der Waals surface area contributed by atoms with Crippen LogP contribution in [-0.2, 0) is 28.1 Å². The fraction of sp³-hybridized carbons (Fsp3) is 0.435. The maximum Gasteiger partial charge on any atom is 0.380 e. The van der Waals surface area contributed by atoms with Crippen molar-refractivity contribution in [1.29, 1.82) is 0 Å². The lowest BCUT2D eigenvalue weighted by Gasteiger charge is -2.26. The van der Waals surface area contributed by atoms with Crippen LogP contribution < -0.4 is 0 Å². The lowest BCUT2D eigenvalue weighted by Crippen LogP contribution is -2.48. The standard InChI is InChI=1S/C46H48F6S6/c1-40(2,3)33-19-17-29(55-33)27-14-13-24(53-27)21-32-25(22-35(57-32)42(7,8)9)37-38(45(49,50)46(51,52)44(37,47)48)26-23-36(43(10,11)12)58-39(26)31-16-15-28(54-31)30-18-20-34(56-30)41(4,5)6/h13-20,22-23H,21H2,1-12H3. The van der Waals surface area contributed by atoms with Gasteiger partial charge in [0.15, 0.2) is 0 Å². The normalized spacial score (nSPS) is 17.2. The van der Waals surface area contributed by atoms with Crippen LogP contribution in [0.15, 0.2) is 60.7 Å². The van der Waals surface area contributed by atoms with Gasteiger partial charge in [0.1, 0.15) is 0 Å². The van der Waals surface area contributed by atoms with E-state index in [1.165, 1.54) is 67.2 Å². The Morgan fingerprint density at radius 2 is 0.810 bits per heavy atom. The summed E-state index contributed by atoms with van der Waals surface area (Å²) in [5.74, 6) is -16.0. The zero-order valence-corrected chi connectivity index (χ0v) is 39.6. The largest absolute Gasteiger partial charge is 0.380 e. The zero-order chi connectivity index (χ0) is 42.8. The third-order valence-corrected chi connectivity index (χ3v) is 19.1. The monoisotopic (exact) mass is 906 g/mol. The van der Waals surface area contributed by atoms with Crippen molar-refractivity contribution in [1.82, 2.24) is 0 Å². The first-order chi connectivity index (χ1) is 26.5. The fourth-order valence-corrected chi connectivity index (χ4v) is 13.8. The molecule has 0 atom stereocenters. The van der Waals surface area contributed by atoms with E-state index in [9.17, 15) is 0 Å². The predicted molar refractivity (Wildman–Crippen MR) is 242 cm³/mol. The predicted octanol–water partition coefficient (Wildman–Crippen LogP) is 17.7. The van der Waals surface area contributed by atoms with Crippen LogP contribution >= 0.6 is 68.0 Å². The van der Waals surface area contributed by atoms with Crippen molar-refractivity contribution in [3.8, 4) is 29.3 Å². The van der Waals surface area contributed by atoms with E-state index in [1.54, 1.807) is 28.7 Å². The van der Waals surface area contributed by atoms with Gasteiger partial charge in [0.2, 0.25) is 0 Å². The molecule has 12 heteroatoms. The highest BCUT2D eigenvalue weighted by atomic mass is 32.1. The van der Waals surface area contributed by atoms with E-state index in [2.05, 4.69) is 59.7 Å². The summed E-state index contributed by atoms with van der Waals surface area (Å²) in [6, 6.07) is 18.8. The molecule has 6 heterocycles. The molecule has 1 aliphatic rings. The number of alkyl halides is 6. The minimum atomic E-state index is -5.67. The van der Waals surface area contributed by atoms with Gasteiger partial charge in [0.25, 0.3) is 0 Å². The van der Waals surface area contributed by atoms with Crippen molar-refractivity contribution in [2.75, 3.05) is 0 Å². The molecule has 0 amide bonds. The highest BCUT2D eigenvalue weighted by Gasteiger charge is 2.80. The molecule has 6 aromatic heterocycles. The van der Waals surface area contributed by atoms with Crippen molar-refractivity contribution in [2.24, 2.45) is 0 Å². The van der Waals surface area contributed by atoms with Crippen LogP contribution in [0.5, 0.6) is 0 Å². The van der Waals surface area contributed by atoms with Gasteiger partial charge in [-0.3, -0.25) is 0 Å². The third-order valence-electron chi connectivity index (χ3n) is 10.2. The summed E-state index contributed by atoms with van der Waals surface area (Å²) in [6.45, 7) is 24.3. The number of hydrogen-bond donors (Lipinski definition) is 0. The molecular formula is C46H48F6S6. The summed E-state index contributed by atoms with van der Waals surface area (Å²) in [5.41, 5.74) is -4.30. The number of allylic oxidation sites excluding steroid dienone is 2. The maximum absolute atomic E-state index is 16.7. The van der Waals surface area contributed by atoms with Gasteiger partial charge in [-0.15, -0.1) is 68.0 Å². The van der Waals surface area contributed by atoms with Gasteiger partial charge in [-0.1, -0.05) is 83.1 Å². The van der Waals surface area contributed by atoms with Crippen LogP contribution in [-0.4, -0.2) is 17.8 Å². The molecule has 0 aliphatic heterocycles. The molecule has 0 nitrogen and oxygen atoms in total. The first-order valence-electron chi connectivity index (χ1n) is 19.1. The quantitative estimate of drug-likeness (QED) is 0.140. The molecule has 0 bridgehead atoms. The molecular weight excluding hydrogens is 859 g/mol.